The third kappa shape index (κ3) is 4.62. The van der Waals surface area contributed by atoms with Gasteiger partial charge in [0.05, 0.1) is 6.10 Å². The van der Waals surface area contributed by atoms with Crippen LogP contribution < -0.4 is 5.32 Å². The highest BCUT2D eigenvalue weighted by molar-refractivity contribution is 9.09. The highest BCUT2D eigenvalue weighted by atomic mass is 79.9. The Bertz CT molecular complexity index is 453. The number of aliphatic hydroxyl groups is 2. The van der Waals surface area contributed by atoms with E-state index in [1.54, 1.807) is 24.3 Å². The minimum atomic E-state index is -1.11. The normalized spacial score (nSPS) is 14.3. The monoisotopic (exact) mass is 330 g/mol. The Morgan fingerprint density at radius 1 is 1.42 bits per heavy atom. The lowest BCUT2D eigenvalue weighted by Crippen LogP contribution is -2.21. The molecule has 0 aliphatic heterocycles. The summed E-state index contributed by atoms with van der Waals surface area (Å²) < 4.78 is 0. The molecule has 0 fully saturated rings. The third-order valence-electron chi connectivity index (χ3n) is 2.48. The van der Waals surface area contributed by atoms with Gasteiger partial charge in [0.15, 0.2) is 0 Å². The number of carbonyl (C=O) groups is 1. The molecular formula is C12H15BrN2O4. The summed E-state index contributed by atoms with van der Waals surface area (Å²) in [5.41, 5.74) is 0.754. The lowest BCUT2D eigenvalue weighted by molar-refractivity contribution is -0.110. The quantitative estimate of drug-likeness (QED) is 0.273. The minimum absolute atomic E-state index is 0.355. The Balaban J connectivity index is 2.91. The van der Waals surface area contributed by atoms with E-state index in [4.69, 9.17) is 5.21 Å². The van der Waals surface area contributed by atoms with E-state index in [9.17, 15) is 15.0 Å². The second kappa shape index (κ2) is 7.88. The maximum atomic E-state index is 11.3. The van der Waals surface area contributed by atoms with Crippen molar-refractivity contribution in [3.8, 4) is 0 Å². The lowest BCUT2D eigenvalue weighted by Gasteiger charge is -2.20. The van der Waals surface area contributed by atoms with Gasteiger partial charge in [0.25, 0.3) is 5.91 Å². The van der Waals surface area contributed by atoms with Gasteiger partial charge in [-0.15, -0.1) is 0 Å². The van der Waals surface area contributed by atoms with E-state index < -0.39 is 18.1 Å². The zero-order chi connectivity index (χ0) is 14.3. The number of nitrogens with zero attached hydrogens (tertiary/aromatic N) is 1. The van der Waals surface area contributed by atoms with Gasteiger partial charge in [0.2, 0.25) is 0 Å². The number of oxime groups is 1. The summed E-state index contributed by atoms with van der Waals surface area (Å²) in [7, 11) is 0. The molecule has 6 nitrogen and oxygen atoms in total. The van der Waals surface area contributed by atoms with E-state index in [1.165, 1.54) is 0 Å². The first kappa shape index (κ1) is 15.6. The molecule has 1 rings (SSSR count). The average molecular weight is 331 g/mol. The van der Waals surface area contributed by atoms with Gasteiger partial charge < -0.3 is 20.7 Å². The molecule has 0 radical (unpaired) electrons. The predicted molar refractivity (Wildman–Crippen MR) is 74.7 cm³/mol. The zero-order valence-electron chi connectivity index (χ0n) is 10.0. The molecule has 0 saturated carbocycles. The molecule has 2 unspecified atom stereocenters. The lowest BCUT2D eigenvalue weighted by atomic mass is 10.0. The molecule has 1 amide bonds. The van der Waals surface area contributed by atoms with Crippen LogP contribution in [0.15, 0.2) is 29.4 Å². The smallest absolute Gasteiger partial charge is 0.270 e. The average Bonchev–Trinajstić information content (AvgIpc) is 2.39. The first-order chi connectivity index (χ1) is 9.10. The fraction of sp³-hybridized carbons (Fsp3) is 0.333. The fourth-order valence-corrected chi connectivity index (χ4v) is 2.03. The molecule has 1 aromatic rings. The van der Waals surface area contributed by atoms with Crippen LogP contribution in [0.3, 0.4) is 0 Å². The number of para-hydroxylation sites is 1. The molecule has 0 aliphatic rings. The molecule has 1 aromatic carbocycles. The van der Waals surface area contributed by atoms with Gasteiger partial charge >= 0.3 is 0 Å². The summed E-state index contributed by atoms with van der Waals surface area (Å²) in [4.78, 5) is 11.3. The van der Waals surface area contributed by atoms with Crippen LogP contribution >= 0.6 is 15.9 Å². The van der Waals surface area contributed by atoms with Gasteiger partial charge in [-0.2, -0.15) is 0 Å². The van der Waals surface area contributed by atoms with Crippen molar-refractivity contribution in [3.63, 3.8) is 0 Å². The first-order valence-electron chi connectivity index (χ1n) is 5.59. The van der Waals surface area contributed by atoms with Crippen LogP contribution in [-0.2, 0) is 4.79 Å². The van der Waals surface area contributed by atoms with Gasteiger partial charge in [-0.05, 0) is 12.5 Å². The highest BCUT2D eigenvalue weighted by Crippen LogP contribution is 2.26. The van der Waals surface area contributed by atoms with E-state index in [0.29, 0.717) is 29.2 Å². The number of hydrogen-bond donors (Lipinski definition) is 4. The molecular weight excluding hydrogens is 316 g/mol. The first-order valence-corrected chi connectivity index (χ1v) is 6.71. The number of nitrogens with one attached hydrogen (secondary N) is 1. The van der Waals surface area contributed by atoms with Crippen LogP contribution in [-0.4, -0.2) is 39.0 Å². The van der Waals surface area contributed by atoms with Crippen molar-refractivity contribution in [2.45, 2.75) is 18.6 Å². The van der Waals surface area contributed by atoms with Crippen LogP contribution in [0.1, 0.15) is 18.1 Å². The number of anilines is 1. The fourth-order valence-electron chi connectivity index (χ4n) is 1.56. The summed E-state index contributed by atoms with van der Waals surface area (Å²) in [6.45, 7) is 0. The highest BCUT2D eigenvalue weighted by Gasteiger charge is 2.20. The van der Waals surface area contributed by atoms with E-state index in [-0.39, 0.29) is 0 Å². The van der Waals surface area contributed by atoms with Crippen LogP contribution in [0.2, 0.25) is 0 Å². The molecule has 2 atom stereocenters. The van der Waals surface area contributed by atoms with Gasteiger partial charge in [0, 0.05) is 16.6 Å². The second-order valence-corrected chi connectivity index (χ2v) is 4.60. The number of halogens is 1. The van der Waals surface area contributed by atoms with E-state index >= 15 is 0 Å². The Kier molecular flexibility index (Phi) is 6.48. The van der Waals surface area contributed by atoms with E-state index in [2.05, 4.69) is 26.4 Å². The maximum absolute atomic E-state index is 11.3. The summed E-state index contributed by atoms with van der Waals surface area (Å²) in [6.07, 6.45) is -0.969. The Hall–Kier alpha value is -1.44. The summed E-state index contributed by atoms with van der Waals surface area (Å²) >= 11 is 3.18. The van der Waals surface area contributed by atoms with Crippen molar-refractivity contribution in [2.75, 3.05) is 10.6 Å². The van der Waals surface area contributed by atoms with Crippen molar-refractivity contribution >= 4 is 33.7 Å². The van der Waals surface area contributed by atoms with Crippen molar-refractivity contribution in [1.82, 2.24) is 0 Å². The van der Waals surface area contributed by atoms with E-state index in [1.807, 2.05) is 0 Å². The number of hydrogen-bond acceptors (Lipinski definition) is 5. The Morgan fingerprint density at radius 3 is 2.74 bits per heavy atom. The summed E-state index contributed by atoms with van der Waals surface area (Å²) in [5.74, 6) is -0.628. The van der Waals surface area contributed by atoms with Crippen molar-refractivity contribution in [1.29, 1.82) is 0 Å². The summed E-state index contributed by atoms with van der Waals surface area (Å²) in [5, 5.41) is 33.7. The van der Waals surface area contributed by atoms with Crippen molar-refractivity contribution in [2.24, 2.45) is 5.16 Å². The molecule has 104 valence electrons. The number of rotatable bonds is 6. The van der Waals surface area contributed by atoms with Crippen LogP contribution in [0.4, 0.5) is 5.69 Å². The van der Waals surface area contributed by atoms with Gasteiger partial charge in [0.1, 0.15) is 12.3 Å². The predicted octanol–water partition coefficient (Wildman–Crippen LogP) is 1.26. The van der Waals surface area contributed by atoms with Crippen molar-refractivity contribution < 1.29 is 20.2 Å². The number of carbonyl (C=O) groups excluding carboxylic acids is 1. The van der Waals surface area contributed by atoms with Gasteiger partial charge in [-0.3, -0.25) is 4.79 Å². The van der Waals surface area contributed by atoms with Gasteiger partial charge in [-0.1, -0.05) is 39.3 Å². The molecule has 0 saturated heterocycles. The number of benzene rings is 1. The molecule has 0 bridgehead atoms. The SMILES string of the molecule is O=C(C=NO)Nc1ccccc1C(O)C(O)CCBr. The summed E-state index contributed by atoms with van der Waals surface area (Å²) in [6, 6.07) is 6.56. The second-order valence-electron chi connectivity index (χ2n) is 3.81. The molecule has 19 heavy (non-hydrogen) atoms. The minimum Gasteiger partial charge on any atom is -0.411 e. The molecule has 0 aromatic heterocycles. The number of amides is 1. The Labute approximate surface area is 118 Å². The third-order valence-corrected chi connectivity index (χ3v) is 2.94. The van der Waals surface area contributed by atoms with E-state index in [0.717, 1.165) is 0 Å². The molecule has 0 spiro atoms. The molecule has 0 heterocycles. The topological polar surface area (TPSA) is 102 Å². The molecule has 0 aliphatic carbocycles. The Morgan fingerprint density at radius 2 is 2.11 bits per heavy atom. The van der Waals surface area contributed by atoms with Crippen LogP contribution in [0, 0.1) is 0 Å². The van der Waals surface area contributed by atoms with Crippen molar-refractivity contribution in [3.05, 3.63) is 29.8 Å². The largest absolute Gasteiger partial charge is 0.411 e. The number of alkyl halides is 1. The van der Waals surface area contributed by atoms with Crippen LogP contribution in [0.5, 0.6) is 0 Å². The number of aliphatic hydroxyl groups excluding tert-OH is 2. The standard InChI is InChI=1S/C12H15BrN2O4/c13-6-5-10(16)12(18)8-3-1-2-4-9(8)15-11(17)7-14-19/h1-4,7,10,12,16,18-19H,5-6H2,(H,15,17). The molecule has 7 heteroatoms. The zero-order valence-corrected chi connectivity index (χ0v) is 11.6. The maximum Gasteiger partial charge on any atom is 0.270 e. The van der Waals surface area contributed by atoms with Gasteiger partial charge in [-0.25, -0.2) is 0 Å². The van der Waals surface area contributed by atoms with Crippen LogP contribution in [0.25, 0.3) is 0 Å². The molecule has 4 N–H and O–H groups in total.